The van der Waals surface area contributed by atoms with Gasteiger partial charge < -0.3 is 18.8 Å². The smallest absolute Gasteiger partial charge is 0.232 e. The summed E-state index contributed by atoms with van der Waals surface area (Å²) in [6.07, 6.45) is 6.07. The molecule has 1 aliphatic carbocycles. The van der Waals surface area contributed by atoms with Crippen LogP contribution in [0.1, 0.15) is 63.7 Å². The van der Waals surface area contributed by atoms with Crippen LogP contribution in [-0.2, 0) is 16.1 Å². The summed E-state index contributed by atoms with van der Waals surface area (Å²) in [6.45, 7) is 11.0. The van der Waals surface area contributed by atoms with Gasteiger partial charge in [0.15, 0.2) is 12.0 Å². The lowest BCUT2D eigenvalue weighted by Gasteiger charge is -2.39. The molecule has 0 N–H and O–H groups in total. The zero-order valence-corrected chi connectivity index (χ0v) is 21.2. The summed E-state index contributed by atoms with van der Waals surface area (Å²) in [5.74, 6) is 2.33. The fraction of sp³-hybridized carbons (Fsp3) is 0.517. The Balaban J connectivity index is 1.63. The number of carbonyl (C=O) groups excluding carboxylic acids is 1. The van der Waals surface area contributed by atoms with Gasteiger partial charge in [-0.05, 0) is 66.8 Å². The van der Waals surface area contributed by atoms with Gasteiger partial charge in [-0.25, -0.2) is 0 Å². The van der Waals surface area contributed by atoms with Gasteiger partial charge in [0.25, 0.3) is 0 Å². The Labute approximate surface area is 208 Å². The Morgan fingerprint density at radius 1 is 1.29 bits per heavy atom. The molecule has 1 saturated carbocycles. The molecule has 35 heavy (non-hydrogen) atoms. The predicted octanol–water partition coefficient (Wildman–Crippen LogP) is 5.95. The van der Waals surface area contributed by atoms with E-state index in [9.17, 15) is 4.79 Å². The Kier molecular flexibility index (Phi) is 6.12. The zero-order valence-electron chi connectivity index (χ0n) is 21.2. The highest BCUT2D eigenvalue weighted by Crippen LogP contribution is 2.60. The summed E-state index contributed by atoms with van der Waals surface area (Å²) >= 11 is 0. The molecule has 186 valence electrons. The van der Waals surface area contributed by atoms with Gasteiger partial charge in [-0.15, -0.1) is 6.58 Å². The number of ether oxygens (including phenoxy) is 2. The molecular weight excluding hydrogens is 440 g/mol. The van der Waals surface area contributed by atoms with Crippen molar-refractivity contribution in [2.75, 3.05) is 7.11 Å². The van der Waals surface area contributed by atoms with Crippen molar-refractivity contribution >= 4 is 11.6 Å². The maximum absolute atomic E-state index is 14.4. The standard InChI is InChI=1S/C29H36N2O4/c1-6-13-28-18-29(31(27(28)32)17-23-8-7-14-34-23)25(30-26(35-29)15-19(2)3)16-24(20(28)4)21-9-11-22(33-5)12-10-21/h6-12,14,19-20,24,26H,1,13,15-18H2,2-5H3/t20-,24+,26-,28+,29+/m1/s1. The van der Waals surface area contributed by atoms with Gasteiger partial charge in [0.05, 0.1) is 31.0 Å². The topological polar surface area (TPSA) is 64.3 Å². The minimum atomic E-state index is -0.845. The molecule has 3 heterocycles. The van der Waals surface area contributed by atoms with Crippen LogP contribution in [0.5, 0.6) is 5.75 Å². The van der Waals surface area contributed by atoms with Crippen LogP contribution in [0.2, 0.25) is 0 Å². The number of hydrogen-bond donors (Lipinski definition) is 0. The van der Waals surface area contributed by atoms with Crippen LogP contribution in [0.3, 0.4) is 0 Å². The Bertz CT molecular complexity index is 1110. The molecule has 0 radical (unpaired) electrons. The van der Waals surface area contributed by atoms with E-state index in [0.29, 0.717) is 25.3 Å². The van der Waals surface area contributed by atoms with Crippen molar-refractivity contribution in [1.29, 1.82) is 0 Å². The van der Waals surface area contributed by atoms with Crippen LogP contribution in [0.4, 0.5) is 0 Å². The molecule has 1 saturated heterocycles. The largest absolute Gasteiger partial charge is 0.497 e. The molecule has 5 atom stereocenters. The van der Waals surface area contributed by atoms with Gasteiger partial charge in [0.2, 0.25) is 5.91 Å². The van der Waals surface area contributed by atoms with Crippen LogP contribution < -0.4 is 4.74 Å². The van der Waals surface area contributed by atoms with Gasteiger partial charge in [-0.3, -0.25) is 9.79 Å². The number of aliphatic imine (C=N–C) groups is 1. The highest BCUT2D eigenvalue weighted by molar-refractivity contribution is 6.02. The summed E-state index contributed by atoms with van der Waals surface area (Å²) < 4.78 is 17.9. The van der Waals surface area contributed by atoms with Gasteiger partial charge in [-0.2, -0.15) is 0 Å². The van der Waals surface area contributed by atoms with Gasteiger partial charge in [0, 0.05) is 6.42 Å². The van der Waals surface area contributed by atoms with Crippen molar-refractivity contribution in [3.05, 3.63) is 66.6 Å². The van der Waals surface area contributed by atoms with Crippen LogP contribution >= 0.6 is 0 Å². The number of amides is 1. The zero-order chi connectivity index (χ0) is 24.8. The molecule has 2 bridgehead atoms. The molecule has 3 aliphatic rings. The van der Waals surface area contributed by atoms with E-state index in [1.807, 2.05) is 35.2 Å². The Hall–Kier alpha value is -2.86. The van der Waals surface area contributed by atoms with Crippen LogP contribution in [0.15, 0.2) is 64.7 Å². The average Bonchev–Trinajstić information content (AvgIpc) is 3.51. The lowest BCUT2D eigenvalue weighted by atomic mass is 9.66. The summed E-state index contributed by atoms with van der Waals surface area (Å²) in [5, 5.41) is 0. The number of carbonyl (C=O) groups is 1. The predicted molar refractivity (Wildman–Crippen MR) is 135 cm³/mol. The molecule has 0 unspecified atom stereocenters. The minimum absolute atomic E-state index is 0.0697. The summed E-state index contributed by atoms with van der Waals surface area (Å²) in [6, 6.07) is 12.0. The number of benzene rings is 1. The number of likely N-dealkylation sites (tertiary alicyclic amines) is 1. The number of rotatable bonds is 8. The molecule has 1 amide bonds. The molecule has 2 aromatic rings. The Morgan fingerprint density at radius 3 is 2.69 bits per heavy atom. The number of fused-ring (bicyclic) bond motifs is 1. The second-order valence-electron chi connectivity index (χ2n) is 10.7. The second kappa shape index (κ2) is 8.98. The summed E-state index contributed by atoms with van der Waals surface area (Å²) in [4.78, 5) is 21.5. The van der Waals surface area contributed by atoms with Gasteiger partial charge in [-0.1, -0.05) is 39.0 Å². The number of nitrogens with zero attached hydrogens (tertiary/aromatic N) is 2. The maximum atomic E-state index is 14.4. The van der Waals surface area contributed by atoms with Crippen molar-refractivity contribution in [1.82, 2.24) is 4.90 Å². The first-order valence-corrected chi connectivity index (χ1v) is 12.7. The van der Waals surface area contributed by atoms with E-state index in [1.165, 1.54) is 5.56 Å². The third-order valence-electron chi connectivity index (χ3n) is 8.25. The van der Waals surface area contributed by atoms with Crippen LogP contribution in [-0.4, -0.2) is 35.6 Å². The normalized spacial score (nSPS) is 31.9. The van der Waals surface area contributed by atoms with E-state index in [1.54, 1.807) is 13.4 Å². The average molecular weight is 477 g/mol. The fourth-order valence-corrected chi connectivity index (χ4v) is 6.45. The van der Waals surface area contributed by atoms with Crippen molar-refractivity contribution in [2.45, 2.75) is 70.9 Å². The SMILES string of the molecule is C=CC[C@]12C[C@@]3(O[C@H](CC(C)C)N=C3C[C@H](c3ccc(OC)cc3)[C@H]1C)N(Cc1ccco1)C2=O. The first-order valence-electron chi connectivity index (χ1n) is 12.7. The molecule has 2 fully saturated rings. The summed E-state index contributed by atoms with van der Waals surface area (Å²) in [5.41, 5.74) is 0.717. The van der Waals surface area contributed by atoms with E-state index in [2.05, 4.69) is 39.5 Å². The third-order valence-corrected chi connectivity index (χ3v) is 8.25. The monoisotopic (exact) mass is 476 g/mol. The van der Waals surface area contributed by atoms with Gasteiger partial charge in [0.1, 0.15) is 11.5 Å². The molecule has 2 aliphatic heterocycles. The number of furan rings is 1. The number of allylic oxidation sites excluding steroid dienone is 1. The number of methoxy groups -OCH3 is 1. The van der Waals surface area contributed by atoms with Crippen molar-refractivity contribution in [3.8, 4) is 5.75 Å². The van der Waals surface area contributed by atoms with Crippen molar-refractivity contribution in [2.24, 2.45) is 22.2 Å². The highest BCUT2D eigenvalue weighted by atomic mass is 16.6. The Morgan fingerprint density at radius 2 is 2.06 bits per heavy atom. The van der Waals surface area contributed by atoms with Crippen molar-refractivity contribution in [3.63, 3.8) is 0 Å². The van der Waals surface area contributed by atoms with Crippen molar-refractivity contribution < 1.29 is 18.7 Å². The molecule has 6 nitrogen and oxygen atoms in total. The molecule has 1 spiro atoms. The molecule has 1 aromatic carbocycles. The van der Waals surface area contributed by atoms with Crippen LogP contribution in [0.25, 0.3) is 0 Å². The molecule has 6 heteroatoms. The highest BCUT2D eigenvalue weighted by Gasteiger charge is 2.68. The van der Waals surface area contributed by atoms with Gasteiger partial charge >= 0.3 is 0 Å². The third kappa shape index (κ3) is 3.83. The molecular formula is C29H36N2O4. The van der Waals surface area contributed by atoms with E-state index < -0.39 is 11.1 Å². The molecule has 5 rings (SSSR count). The van der Waals surface area contributed by atoms with E-state index in [0.717, 1.165) is 30.1 Å². The van der Waals surface area contributed by atoms with E-state index >= 15 is 0 Å². The summed E-state index contributed by atoms with van der Waals surface area (Å²) in [7, 11) is 1.68. The number of hydrogen-bond acceptors (Lipinski definition) is 5. The quantitative estimate of drug-likeness (QED) is 0.442. The van der Waals surface area contributed by atoms with E-state index in [-0.39, 0.29) is 24.0 Å². The minimum Gasteiger partial charge on any atom is -0.497 e. The fourth-order valence-electron chi connectivity index (χ4n) is 6.45. The van der Waals surface area contributed by atoms with Crippen LogP contribution in [0, 0.1) is 17.3 Å². The lowest BCUT2D eigenvalue weighted by molar-refractivity contribution is -0.153. The van der Waals surface area contributed by atoms with E-state index in [4.69, 9.17) is 18.9 Å². The maximum Gasteiger partial charge on any atom is 0.232 e. The first kappa shape index (κ1) is 23.9. The lowest BCUT2D eigenvalue weighted by Crippen LogP contribution is -2.52. The molecule has 1 aromatic heterocycles. The second-order valence-corrected chi connectivity index (χ2v) is 10.7. The first-order chi connectivity index (χ1) is 16.8.